The van der Waals surface area contributed by atoms with Crippen molar-refractivity contribution >= 4 is 45.1 Å². The number of methoxy groups -OCH3 is 4. The standard InChI is InChI=1S/C28H28BO4.C27H33N2/c1-30-25-13-5-21(6-14-25)29(22-7-15-26(31-2)16-8-22,23-9-17-27(32-3)18-10-23)24-11-19-28(33-4)20-12-24;1-18-12-14-22-20(16-18)26(3,4)24(28(22)7)10-9-11-25-27(5,6)21-17-19(2)13-15-23(21)29(25)8/h5-20H,1-4H3;9-17H,1-8H3/q-1;+1. The summed E-state index contributed by atoms with van der Waals surface area (Å²) in [6.07, 6.45) is 5.30. The van der Waals surface area contributed by atoms with Crippen LogP contribution in [0.5, 0.6) is 23.0 Å². The Kier molecular flexibility index (Phi) is 12.3. The lowest BCUT2D eigenvalue weighted by Gasteiger charge is -2.44. The molecule has 6 aromatic rings. The smallest absolute Gasteiger partial charge is 0.209 e. The minimum Gasteiger partial charge on any atom is -0.497 e. The fraction of sp³-hybridized carbons (Fsp3) is 0.255. The molecule has 8 rings (SSSR count). The molecule has 0 unspecified atom stereocenters. The summed E-state index contributed by atoms with van der Waals surface area (Å²) in [6.45, 7) is 13.6. The van der Waals surface area contributed by atoms with Gasteiger partial charge in [0.15, 0.2) is 5.71 Å². The Morgan fingerprint density at radius 1 is 0.516 bits per heavy atom. The molecule has 2 aliphatic rings. The minimum absolute atomic E-state index is 0.00226. The van der Waals surface area contributed by atoms with Crippen LogP contribution in [0.25, 0.3) is 0 Å². The van der Waals surface area contributed by atoms with Crippen LogP contribution in [0.1, 0.15) is 49.9 Å². The zero-order valence-corrected chi connectivity index (χ0v) is 38.5. The van der Waals surface area contributed by atoms with Crippen LogP contribution in [0.15, 0.2) is 157 Å². The lowest BCUT2D eigenvalue weighted by atomic mass is 9.13. The first-order valence-corrected chi connectivity index (χ1v) is 21.4. The molecule has 6 aromatic carbocycles. The molecule has 0 aliphatic carbocycles. The molecule has 0 spiro atoms. The number of aryl methyl sites for hydroxylation is 2. The number of benzene rings is 6. The zero-order chi connectivity index (χ0) is 44.4. The van der Waals surface area contributed by atoms with E-state index >= 15 is 0 Å². The first-order valence-electron chi connectivity index (χ1n) is 21.4. The Balaban J connectivity index is 0.000000188. The summed E-state index contributed by atoms with van der Waals surface area (Å²) in [7, 11) is 11.1. The number of ether oxygens (including phenoxy) is 4. The van der Waals surface area contributed by atoms with Gasteiger partial charge in [0.05, 0.1) is 33.9 Å². The SMILES string of the molecule is COc1ccc([B-](c2ccc(OC)cc2)(c2ccc(OC)cc2)c2ccc(OC)cc2)cc1.Cc1ccc2c(c1)C(C)(C)C(/C=C/C=C1/N(C)c3ccc(C)cc3C1(C)C)=[N+]2C. The second kappa shape index (κ2) is 17.5. The number of anilines is 1. The summed E-state index contributed by atoms with van der Waals surface area (Å²) in [5.74, 6) is 3.29. The third kappa shape index (κ3) is 7.81. The molecule has 0 saturated heterocycles. The zero-order valence-electron chi connectivity index (χ0n) is 38.5. The van der Waals surface area contributed by atoms with E-state index in [1.54, 1.807) is 28.4 Å². The first kappa shape index (κ1) is 43.6. The molecule has 0 bridgehead atoms. The topological polar surface area (TPSA) is 43.2 Å². The van der Waals surface area contributed by atoms with Gasteiger partial charge in [-0.3, -0.25) is 0 Å². The van der Waals surface area contributed by atoms with Crippen LogP contribution in [-0.4, -0.2) is 59.0 Å². The maximum atomic E-state index is 5.45. The molecule has 7 heteroatoms. The fourth-order valence-corrected chi connectivity index (χ4v) is 9.86. The molecule has 0 aromatic heterocycles. The number of hydrogen-bond donors (Lipinski definition) is 0. The first-order chi connectivity index (χ1) is 29.7. The molecule has 2 aliphatic heterocycles. The third-order valence-electron chi connectivity index (χ3n) is 13.3. The average molecular weight is 825 g/mol. The molecular formula is C55H61BN2O4. The predicted molar refractivity (Wildman–Crippen MR) is 261 cm³/mol. The number of allylic oxidation sites excluding steroid dienone is 4. The second-order valence-corrected chi connectivity index (χ2v) is 17.7. The van der Waals surface area contributed by atoms with Gasteiger partial charge in [0.2, 0.25) is 5.69 Å². The van der Waals surface area contributed by atoms with E-state index in [0.717, 1.165) is 23.0 Å². The van der Waals surface area contributed by atoms with Crippen molar-refractivity contribution in [3.05, 3.63) is 180 Å². The van der Waals surface area contributed by atoms with E-state index in [4.69, 9.17) is 18.9 Å². The maximum Gasteiger partial charge on any atom is 0.209 e. The fourth-order valence-electron chi connectivity index (χ4n) is 9.86. The molecule has 6 nitrogen and oxygen atoms in total. The van der Waals surface area contributed by atoms with Crippen molar-refractivity contribution in [2.75, 3.05) is 47.4 Å². The van der Waals surface area contributed by atoms with Crippen LogP contribution < -0.4 is 45.7 Å². The van der Waals surface area contributed by atoms with Crippen molar-refractivity contribution in [1.29, 1.82) is 0 Å². The summed E-state index contributed by atoms with van der Waals surface area (Å²) in [4.78, 5) is 2.34. The van der Waals surface area contributed by atoms with Crippen molar-refractivity contribution in [2.45, 2.75) is 52.4 Å². The van der Waals surface area contributed by atoms with Crippen molar-refractivity contribution in [3.63, 3.8) is 0 Å². The van der Waals surface area contributed by atoms with Crippen molar-refractivity contribution in [3.8, 4) is 23.0 Å². The number of hydrogen-bond acceptors (Lipinski definition) is 5. The van der Waals surface area contributed by atoms with Crippen LogP contribution in [-0.2, 0) is 10.8 Å². The summed E-state index contributed by atoms with van der Waals surface area (Å²) in [6, 6.07) is 46.9. The van der Waals surface area contributed by atoms with E-state index in [1.165, 1.54) is 66.9 Å². The van der Waals surface area contributed by atoms with E-state index in [1.807, 2.05) is 48.5 Å². The Hall–Kier alpha value is -6.47. The van der Waals surface area contributed by atoms with Crippen LogP contribution in [0.3, 0.4) is 0 Å². The van der Waals surface area contributed by atoms with Gasteiger partial charge in [-0.2, -0.15) is 26.4 Å². The van der Waals surface area contributed by atoms with Crippen LogP contribution in [0.4, 0.5) is 11.4 Å². The normalized spacial score (nSPS) is 15.5. The second-order valence-electron chi connectivity index (χ2n) is 17.7. The van der Waals surface area contributed by atoms with Gasteiger partial charge in [0, 0.05) is 41.6 Å². The molecule has 0 amide bonds. The van der Waals surface area contributed by atoms with Gasteiger partial charge in [-0.15, -0.1) is 0 Å². The van der Waals surface area contributed by atoms with Crippen LogP contribution >= 0.6 is 0 Å². The highest BCUT2D eigenvalue weighted by atomic mass is 16.5. The summed E-state index contributed by atoms with van der Waals surface area (Å²) in [5, 5.41) is 0. The van der Waals surface area contributed by atoms with Crippen LogP contribution in [0, 0.1) is 13.8 Å². The summed E-state index contributed by atoms with van der Waals surface area (Å²) in [5.41, 5.74) is 15.5. The minimum atomic E-state index is -1.52. The lowest BCUT2D eigenvalue weighted by Crippen LogP contribution is -2.74. The van der Waals surface area contributed by atoms with Gasteiger partial charge in [0.25, 0.3) is 0 Å². The Morgan fingerprint density at radius 3 is 1.31 bits per heavy atom. The number of likely N-dealkylation sites (N-methyl/N-ethyl adjacent to an activating group) is 1. The molecule has 318 valence electrons. The molecule has 0 radical (unpaired) electrons. The predicted octanol–water partition coefficient (Wildman–Crippen LogP) is 9.28. The highest BCUT2D eigenvalue weighted by Crippen LogP contribution is 2.47. The molecule has 0 atom stereocenters. The molecule has 0 saturated carbocycles. The van der Waals surface area contributed by atoms with Gasteiger partial charge >= 0.3 is 0 Å². The van der Waals surface area contributed by atoms with E-state index in [2.05, 4.69) is 168 Å². The number of fused-ring (bicyclic) bond motifs is 2. The Labute approximate surface area is 369 Å². The summed E-state index contributed by atoms with van der Waals surface area (Å²) < 4.78 is 24.1. The van der Waals surface area contributed by atoms with Crippen molar-refractivity contribution in [2.24, 2.45) is 0 Å². The van der Waals surface area contributed by atoms with Crippen LogP contribution in [0.2, 0.25) is 0 Å². The monoisotopic (exact) mass is 824 g/mol. The molecular weight excluding hydrogens is 763 g/mol. The highest BCUT2D eigenvalue weighted by molar-refractivity contribution is 7.19. The Morgan fingerprint density at radius 2 is 0.903 bits per heavy atom. The van der Waals surface area contributed by atoms with E-state index in [0.29, 0.717) is 0 Å². The van der Waals surface area contributed by atoms with Crippen molar-refractivity contribution in [1.82, 2.24) is 0 Å². The average Bonchev–Trinajstić information content (AvgIpc) is 3.60. The van der Waals surface area contributed by atoms with Gasteiger partial charge in [-0.05, 0) is 100.0 Å². The Bertz CT molecular complexity index is 2440. The quantitative estimate of drug-likeness (QED) is 0.102. The number of nitrogens with zero attached hydrogens (tertiary/aromatic N) is 2. The van der Waals surface area contributed by atoms with Gasteiger partial charge in [-0.25, -0.2) is 0 Å². The van der Waals surface area contributed by atoms with Gasteiger partial charge in [-0.1, -0.05) is 97.8 Å². The highest BCUT2D eigenvalue weighted by Gasteiger charge is 2.43. The largest absolute Gasteiger partial charge is 0.497 e. The summed E-state index contributed by atoms with van der Waals surface area (Å²) >= 11 is 0. The molecule has 0 N–H and O–H groups in total. The third-order valence-corrected chi connectivity index (χ3v) is 13.3. The molecule has 2 heterocycles. The van der Waals surface area contributed by atoms with Gasteiger partial charge in [0.1, 0.15) is 36.2 Å². The van der Waals surface area contributed by atoms with Gasteiger partial charge < -0.3 is 23.8 Å². The van der Waals surface area contributed by atoms with E-state index in [9.17, 15) is 0 Å². The van der Waals surface area contributed by atoms with E-state index < -0.39 is 6.15 Å². The molecule has 0 fully saturated rings. The lowest BCUT2D eigenvalue weighted by molar-refractivity contribution is -0.401. The number of rotatable bonds is 10. The maximum absolute atomic E-state index is 5.45. The van der Waals surface area contributed by atoms with E-state index in [-0.39, 0.29) is 10.8 Å². The van der Waals surface area contributed by atoms with Crippen molar-refractivity contribution < 1.29 is 23.5 Å². The molecule has 62 heavy (non-hydrogen) atoms.